The number of hydrogen-bond donors (Lipinski definition) is 3. The lowest BCUT2D eigenvalue weighted by Gasteiger charge is -2.22. The maximum absolute atomic E-state index is 9.55. The number of aliphatic carboxylic acids is 2. The Morgan fingerprint density at radius 2 is 1.87 bits per heavy atom. The minimum absolute atomic E-state index is 0.398. The molecule has 0 saturated carbocycles. The van der Waals surface area contributed by atoms with Gasteiger partial charge in [0.2, 0.25) is 0 Å². The topological polar surface area (TPSA) is 95.9 Å². The average Bonchev–Trinajstić information content (AvgIpc) is 3.06. The van der Waals surface area contributed by atoms with Crippen molar-refractivity contribution < 1.29 is 24.5 Å². The Labute approximate surface area is 135 Å². The van der Waals surface area contributed by atoms with Crippen LogP contribution in [0.3, 0.4) is 0 Å². The number of carboxylic acids is 2. The highest BCUT2D eigenvalue weighted by molar-refractivity contribution is 5.89. The van der Waals surface area contributed by atoms with Crippen molar-refractivity contribution in [1.29, 1.82) is 0 Å². The van der Waals surface area contributed by atoms with Gasteiger partial charge in [-0.05, 0) is 31.9 Å². The van der Waals surface area contributed by atoms with Gasteiger partial charge in [0.25, 0.3) is 0 Å². The minimum atomic E-state index is -1.26. The Hall–Kier alpha value is -2.18. The predicted molar refractivity (Wildman–Crippen MR) is 86.4 cm³/mol. The summed E-state index contributed by atoms with van der Waals surface area (Å²) in [5, 5.41) is 19.0. The molecule has 1 heterocycles. The van der Waals surface area contributed by atoms with E-state index in [1.54, 1.807) is 0 Å². The summed E-state index contributed by atoms with van der Waals surface area (Å²) in [5.74, 6) is -2.51. The number of nitrogens with one attached hydrogen (secondary N) is 1. The highest BCUT2D eigenvalue weighted by atomic mass is 16.5. The third kappa shape index (κ3) is 8.13. The van der Waals surface area contributed by atoms with Crippen LogP contribution in [-0.2, 0) is 20.7 Å². The van der Waals surface area contributed by atoms with E-state index in [4.69, 9.17) is 14.9 Å². The van der Waals surface area contributed by atoms with E-state index < -0.39 is 11.9 Å². The Bertz CT molecular complexity index is 493. The number of benzene rings is 1. The molecule has 6 heteroatoms. The molecule has 0 aromatic heterocycles. The van der Waals surface area contributed by atoms with Crippen molar-refractivity contribution in [3.05, 3.63) is 48.0 Å². The Morgan fingerprint density at radius 3 is 2.30 bits per heavy atom. The SMILES string of the molecule is CNC(Cc1ccccc1)C1CCCO1.O=C(O)/C=C\C(=O)O. The molecule has 1 aromatic rings. The molecule has 23 heavy (non-hydrogen) atoms. The van der Waals surface area contributed by atoms with E-state index in [1.165, 1.54) is 18.4 Å². The second-order valence-corrected chi connectivity index (χ2v) is 5.15. The zero-order valence-electron chi connectivity index (χ0n) is 13.1. The minimum Gasteiger partial charge on any atom is -0.478 e. The smallest absolute Gasteiger partial charge is 0.328 e. The van der Waals surface area contributed by atoms with Crippen LogP contribution in [0.25, 0.3) is 0 Å². The van der Waals surface area contributed by atoms with Crippen LogP contribution in [0.4, 0.5) is 0 Å². The summed E-state index contributed by atoms with van der Waals surface area (Å²) in [6.45, 7) is 0.928. The molecule has 126 valence electrons. The molecular formula is C17H23NO5. The van der Waals surface area contributed by atoms with Crippen LogP contribution in [0.1, 0.15) is 18.4 Å². The van der Waals surface area contributed by atoms with Gasteiger partial charge in [-0.3, -0.25) is 0 Å². The molecule has 2 unspecified atom stereocenters. The lowest BCUT2D eigenvalue weighted by atomic mass is 10.00. The lowest BCUT2D eigenvalue weighted by Crippen LogP contribution is -2.39. The normalized spacial score (nSPS) is 18.2. The van der Waals surface area contributed by atoms with E-state index in [2.05, 4.69) is 35.6 Å². The maximum Gasteiger partial charge on any atom is 0.328 e. The average molecular weight is 321 g/mol. The number of hydrogen-bond acceptors (Lipinski definition) is 4. The molecule has 1 fully saturated rings. The van der Waals surface area contributed by atoms with E-state index in [1.807, 2.05) is 7.05 Å². The van der Waals surface area contributed by atoms with Crippen LogP contribution >= 0.6 is 0 Å². The quantitative estimate of drug-likeness (QED) is 0.690. The van der Waals surface area contributed by atoms with E-state index in [-0.39, 0.29) is 0 Å². The van der Waals surface area contributed by atoms with Crippen LogP contribution in [-0.4, -0.2) is 48.0 Å². The van der Waals surface area contributed by atoms with Gasteiger partial charge in [-0.15, -0.1) is 0 Å². The highest BCUT2D eigenvalue weighted by Crippen LogP contribution is 2.18. The van der Waals surface area contributed by atoms with Gasteiger partial charge in [0.1, 0.15) is 0 Å². The van der Waals surface area contributed by atoms with Crippen LogP contribution in [0.15, 0.2) is 42.5 Å². The van der Waals surface area contributed by atoms with Crippen LogP contribution in [0, 0.1) is 0 Å². The molecule has 1 aromatic carbocycles. The summed E-state index contributed by atoms with van der Waals surface area (Å²) in [7, 11) is 2.02. The lowest BCUT2D eigenvalue weighted by molar-refractivity contribution is -0.134. The number of carbonyl (C=O) groups is 2. The standard InChI is InChI=1S/C13H19NO.C4H4O4/c1-14-12(13-8-5-9-15-13)10-11-6-3-2-4-7-11;5-3(6)1-2-4(7)8/h2-4,6-7,12-14H,5,8-10H2,1H3;1-2H,(H,5,6)(H,7,8)/b;2-1-. The van der Waals surface area contributed by atoms with Gasteiger partial charge >= 0.3 is 11.9 Å². The Morgan fingerprint density at radius 1 is 1.26 bits per heavy atom. The van der Waals surface area contributed by atoms with Crippen molar-refractivity contribution in [2.45, 2.75) is 31.4 Å². The molecular weight excluding hydrogens is 298 g/mol. The monoisotopic (exact) mass is 321 g/mol. The van der Waals surface area contributed by atoms with Crippen molar-refractivity contribution >= 4 is 11.9 Å². The first-order valence-corrected chi connectivity index (χ1v) is 7.49. The molecule has 1 aliphatic rings. The van der Waals surface area contributed by atoms with E-state index in [0.717, 1.165) is 13.0 Å². The van der Waals surface area contributed by atoms with Crippen LogP contribution < -0.4 is 5.32 Å². The van der Waals surface area contributed by atoms with E-state index in [9.17, 15) is 9.59 Å². The van der Waals surface area contributed by atoms with E-state index >= 15 is 0 Å². The fourth-order valence-corrected chi connectivity index (χ4v) is 2.35. The van der Waals surface area contributed by atoms with Gasteiger partial charge in [0, 0.05) is 24.8 Å². The molecule has 1 saturated heterocycles. The molecule has 1 aliphatic heterocycles. The summed E-state index contributed by atoms with van der Waals surface area (Å²) < 4.78 is 5.72. The molecule has 3 N–H and O–H groups in total. The Balaban J connectivity index is 0.000000284. The van der Waals surface area contributed by atoms with Crippen molar-refractivity contribution in [3.63, 3.8) is 0 Å². The summed E-state index contributed by atoms with van der Waals surface area (Å²) in [6.07, 6.45) is 4.97. The van der Waals surface area contributed by atoms with Crippen molar-refractivity contribution in [3.8, 4) is 0 Å². The molecule has 0 aliphatic carbocycles. The third-order valence-corrected chi connectivity index (χ3v) is 3.45. The van der Waals surface area contributed by atoms with Crippen molar-refractivity contribution in [2.24, 2.45) is 0 Å². The zero-order valence-corrected chi connectivity index (χ0v) is 13.1. The van der Waals surface area contributed by atoms with Gasteiger partial charge in [0.05, 0.1) is 6.10 Å². The Kier molecular flexibility index (Phi) is 8.64. The molecule has 0 amide bonds. The molecule has 6 nitrogen and oxygen atoms in total. The number of ether oxygens (including phenoxy) is 1. The second-order valence-electron chi connectivity index (χ2n) is 5.15. The maximum atomic E-state index is 9.55. The summed E-state index contributed by atoms with van der Waals surface area (Å²) in [5.41, 5.74) is 1.38. The van der Waals surface area contributed by atoms with Crippen LogP contribution in [0.5, 0.6) is 0 Å². The first kappa shape index (κ1) is 18.9. The zero-order chi connectivity index (χ0) is 17.1. The van der Waals surface area contributed by atoms with E-state index in [0.29, 0.717) is 24.3 Å². The molecule has 0 bridgehead atoms. The first-order chi connectivity index (χ1) is 11.0. The number of likely N-dealkylation sites (N-methyl/N-ethyl adjacent to an activating group) is 1. The second kappa shape index (κ2) is 10.5. The molecule has 2 atom stereocenters. The fraction of sp³-hybridized carbons (Fsp3) is 0.412. The van der Waals surface area contributed by atoms with Gasteiger partial charge in [0.15, 0.2) is 0 Å². The number of carboxylic acid groups (broad SMARTS) is 2. The summed E-state index contributed by atoms with van der Waals surface area (Å²) in [4.78, 5) is 19.1. The first-order valence-electron chi connectivity index (χ1n) is 7.49. The fourth-order valence-electron chi connectivity index (χ4n) is 2.35. The predicted octanol–water partition coefficient (Wildman–Crippen LogP) is 1.71. The highest BCUT2D eigenvalue weighted by Gasteiger charge is 2.24. The van der Waals surface area contributed by atoms with Gasteiger partial charge < -0.3 is 20.3 Å². The largest absolute Gasteiger partial charge is 0.478 e. The third-order valence-electron chi connectivity index (χ3n) is 3.45. The van der Waals surface area contributed by atoms with Gasteiger partial charge in [-0.25, -0.2) is 9.59 Å². The molecule has 0 radical (unpaired) electrons. The molecule has 2 rings (SSSR count). The molecule has 0 spiro atoms. The summed E-state index contributed by atoms with van der Waals surface area (Å²) in [6, 6.07) is 11.1. The van der Waals surface area contributed by atoms with Crippen molar-refractivity contribution in [1.82, 2.24) is 5.32 Å². The van der Waals surface area contributed by atoms with Crippen LogP contribution in [0.2, 0.25) is 0 Å². The van der Waals surface area contributed by atoms with Gasteiger partial charge in [-0.2, -0.15) is 0 Å². The van der Waals surface area contributed by atoms with Crippen molar-refractivity contribution in [2.75, 3.05) is 13.7 Å². The van der Waals surface area contributed by atoms with Gasteiger partial charge in [-0.1, -0.05) is 30.3 Å². The number of rotatable bonds is 6. The summed E-state index contributed by atoms with van der Waals surface area (Å²) >= 11 is 0.